The van der Waals surface area contributed by atoms with Crippen LogP contribution in [0.4, 0.5) is 34.1 Å². The van der Waals surface area contributed by atoms with Crippen LogP contribution in [0.15, 0.2) is 212 Å². The summed E-state index contributed by atoms with van der Waals surface area (Å²) in [7, 11) is 0. The van der Waals surface area contributed by atoms with E-state index < -0.39 is 0 Å². The largest absolute Gasteiger partial charge is 0.310 e. The monoisotopic (exact) mass is 814 g/mol. The molecule has 11 aromatic rings. The normalized spacial score (nSPS) is 16.4. The highest BCUT2D eigenvalue weighted by Crippen LogP contribution is 2.70. The molecule has 2 nitrogen and oxygen atoms in total. The fraction of sp³-hybridized carbons (Fsp3) is 0.0526. The zero-order valence-electron chi connectivity index (χ0n) is 33.2. The molecule has 2 unspecified atom stereocenters. The molecular weight excluding hydrogens is 777 g/mol. The van der Waals surface area contributed by atoms with Crippen LogP contribution in [-0.4, -0.2) is 0 Å². The molecule has 2 heterocycles. The summed E-state index contributed by atoms with van der Waals surface area (Å²) in [6.07, 6.45) is 1.14. The number of benzene rings is 9. The molecule has 1 saturated carbocycles. The SMILES string of the molecule is c1ccc(N(c2ccccc2)c2ccc3sc4cc(N(c5ccc6c(c5)-c5ccccc5C5(c7ccccc7)CC65)c5ccc6c(c5)sc5ccccc56)ccc4c3c2)cc1. The van der Waals surface area contributed by atoms with Gasteiger partial charge in [-0.05, 0) is 125 Å². The molecule has 61 heavy (non-hydrogen) atoms. The topological polar surface area (TPSA) is 6.48 Å². The molecule has 0 N–H and O–H groups in total. The van der Waals surface area contributed by atoms with Crippen LogP contribution >= 0.6 is 22.7 Å². The van der Waals surface area contributed by atoms with E-state index in [4.69, 9.17) is 0 Å². The van der Waals surface area contributed by atoms with Gasteiger partial charge in [0.1, 0.15) is 0 Å². The van der Waals surface area contributed by atoms with Gasteiger partial charge in [0.25, 0.3) is 0 Å². The maximum absolute atomic E-state index is 2.49. The van der Waals surface area contributed by atoms with Gasteiger partial charge in [-0.15, -0.1) is 22.7 Å². The first-order chi connectivity index (χ1) is 30.2. The third-order valence-corrected chi connectivity index (χ3v) is 15.5. The number of fused-ring (bicyclic) bond motifs is 12. The molecule has 0 radical (unpaired) electrons. The van der Waals surface area contributed by atoms with Crippen molar-refractivity contribution in [2.45, 2.75) is 17.8 Å². The average Bonchev–Trinajstić information content (AvgIpc) is 3.85. The smallest absolute Gasteiger partial charge is 0.0476 e. The molecule has 0 saturated heterocycles. The molecule has 2 aromatic heterocycles. The van der Waals surface area contributed by atoms with Crippen LogP contribution in [0.1, 0.15) is 29.0 Å². The zero-order chi connectivity index (χ0) is 40.1. The van der Waals surface area contributed by atoms with E-state index in [9.17, 15) is 0 Å². The lowest BCUT2D eigenvalue weighted by atomic mass is 9.75. The molecule has 2 aliphatic rings. The van der Waals surface area contributed by atoms with E-state index in [1.165, 1.54) is 73.8 Å². The molecule has 0 spiro atoms. The summed E-state index contributed by atoms with van der Waals surface area (Å²) >= 11 is 3.75. The third-order valence-electron chi connectivity index (χ3n) is 13.2. The minimum atomic E-state index is 0.0452. The van der Waals surface area contributed by atoms with E-state index in [2.05, 4.69) is 222 Å². The molecule has 0 amide bonds. The van der Waals surface area contributed by atoms with E-state index in [0.29, 0.717) is 5.92 Å². The Balaban J connectivity index is 0.968. The maximum Gasteiger partial charge on any atom is 0.0476 e. The van der Waals surface area contributed by atoms with Gasteiger partial charge in [-0.2, -0.15) is 0 Å². The van der Waals surface area contributed by atoms with Gasteiger partial charge >= 0.3 is 0 Å². The highest BCUT2D eigenvalue weighted by atomic mass is 32.1. The summed E-state index contributed by atoms with van der Waals surface area (Å²) in [5.74, 6) is 0.469. The Morgan fingerprint density at radius 1 is 0.361 bits per heavy atom. The molecule has 0 aliphatic heterocycles. The summed E-state index contributed by atoms with van der Waals surface area (Å²) in [5, 5.41) is 5.18. The van der Waals surface area contributed by atoms with Crippen molar-refractivity contribution >= 4 is 97.1 Å². The fourth-order valence-electron chi connectivity index (χ4n) is 10.4. The van der Waals surface area contributed by atoms with E-state index >= 15 is 0 Å². The lowest BCUT2D eigenvalue weighted by Gasteiger charge is -2.31. The first-order valence-electron chi connectivity index (χ1n) is 21.1. The van der Waals surface area contributed by atoms with Gasteiger partial charge in [0.2, 0.25) is 0 Å². The van der Waals surface area contributed by atoms with Gasteiger partial charge in [-0.25, -0.2) is 0 Å². The average molecular weight is 815 g/mol. The number of anilines is 6. The number of para-hydroxylation sites is 2. The Morgan fingerprint density at radius 2 is 0.869 bits per heavy atom. The summed E-state index contributed by atoms with van der Waals surface area (Å²) in [6, 6.07) is 78.8. The van der Waals surface area contributed by atoms with Crippen molar-refractivity contribution in [3.05, 3.63) is 229 Å². The molecule has 9 aromatic carbocycles. The first-order valence-corrected chi connectivity index (χ1v) is 22.7. The molecule has 13 rings (SSSR count). The van der Waals surface area contributed by atoms with Crippen LogP contribution in [-0.2, 0) is 5.41 Å². The molecular formula is C57H38N2S2. The maximum atomic E-state index is 2.49. The first kappa shape index (κ1) is 34.8. The summed E-state index contributed by atoms with van der Waals surface area (Å²) in [6.45, 7) is 0. The summed E-state index contributed by atoms with van der Waals surface area (Å²) < 4.78 is 5.18. The van der Waals surface area contributed by atoms with E-state index in [1.807, 2.05) is 22.7 Å². The van der Waals surface area contributed by atoms with Crippen molar-refractivity contribution in [1.29, 1.82) is 0 Å². The predicted molar refractivity (Wildman–Crippen MR) is 262 cm³/mol. The lowest BCUT2D eigenvalue weighted by molar-refractivity contribution is 0.794. The Bertz CT molecular complexity index is 3440. The van der Waals surface area contributed by atoms with Crippen LogP contribution in [0.2, 0.25) is 0 Å². The van der Waals surface area contributed by atoms with Gasteiger partial charge in [0.05, 0.1) is 0 Å². The quantitative estimate of drug-likeness (QED) is 0.158. The highest BCUT2D eigenvalue weighted by Gasteiger charge is 2.60. The number of rotatable bonds is 7. The van der Waals surface area contributed by atoms with E-state index in [-0.39, 0.29) is 5.41 Å². The molecule has 2 aliphatic carbocycles. The van der Waals surface area contributed by atoms with Crippen molar-refractivity contribution in [3.63, 3.8) is 0 Å². The second-order valence-electron chi connectivity index (χ2n) is 16.5. The molecule has 2 atom stereocenters. The summed E-state index contributed by atoms with van der Waals surface area (Å²) in [4.78, 5) is 4.84. The Hall–Kier alpha value is -6.98. The number of hydrogen-bond acceptors (Lipinski definition) is 4. The molecule has 0 bridgehead atoms. The Kier molecular flexibility index (Phi) is 7.72. The lowest BCUT2D eigenvalue weighted by Crippen LogP contribution is -2.18. The highest BCUT2D eigenvalue weighted by molar-refractivity contribution is 7.26. The van der Waals surface area contributed by atoms with Crippen molar-refractivity contribution in [3.8, 4) is 11.1 Å². The molecule has 4 heteroatoms. The third kappa shape index (κ3) is 5.39. The van der Waals surface area contributed by atoms with Crippen molar-refractivity contribution in [1.82, 2.24) is 0 Å². The van der Waals surface area contributed by atoms with E-state index in [0.717, 1.165) is 34.9 Å². The van der Waals surface area contributed by atoms with Crippen LogP contribution in [0, 0.1) is 0 Å². The van der Waals surface area contributed by atoms with Gasteiger partial charge in [-0.1, -0.05) is 127 Å². The second kappa shape index (κ2) is 13.5. The summed E-state index contributed by atoms with van der Waals surface area (Å²) in [5.41, 5.74) is 14.0. The fourth-order valence-corrected chi connectivity index (χ4v) is 12.7. The van der Waals surface area contributed by atoms with Gasteiger partial charge in [0, 0.05) is 79.9 Å². The molecule has 288 valence electrons. The van der Waals surface area contributed by atoms with E-state index in [1.54, 1.807) is 0 Å². The standard InChI is InChI=1S/C57H38N2S2/c1-4-14-37(15-5-1)57-36-52(57)45-28-24-40(32-49(45)44-20-10-12-22-51(44)57)59(42-25-29-47-46-21-11-13-23-53(46)60-55(47)34-42)43-26-30-48-50-33-41(27-31-54(50)61-56(48)35-43)58(38-16-6-2-7-17-38)39-18-8-3-9-19-39/h1-35,52H,36H2. The van der Waals surface area contributed by atoms with Crippen LogP contribution in [0.5, 0.6) is 0 Å². The Labute approximate surface area is 362 Å². The minimum Gasteiger partial charge on any atom is -0.310 e. The predicted octanol–water partition coefficient (Wildman–Crippen LogP) is 16.8. The second-order valence-corrected chi connectivity index (χ2v) is 18.7. The van der Waals surface area contributed by atoms with Crippen molar-refractivity contribution in [2.75, 3.05) is 9.80 Å². The number of nitrogens with zero attached hydrogens (tertiary/aromatic N) is 2. The molecule has 1 fully saturated rings. The Morgan fingerprint density at radius 3 is 1.59 bits per heavy atom. The van der Waals surface area contributed by atoms with Crippen molar-refractivity contribution < 1.29 is 0 Å². The van der Waals surface area contributed by atoms with Gasteiger partial charge in [-0.3, -0.25) is 0 Å². The van der Waals surface area contributed by atoms with Gasteiger partial charge in [0.15, 0.2) is 0 Å². The van der Waals surface area contributed by atoms with Crippen LogP contribution in [0.25, 0.3) is 51.5 Å². The zero-order valence-corrected chi connectivity index (χ0v) is 34.8. The van der Waals surface area contributed by atoms with Gasteiger partial charge < -0.3 is 9.80 Å². The van der Waals surface area contributed by atoms with Crippen molar-refractivity contribution in [2.24, 2.45) is 0 Å². The number of hydrogen-bond donors (Lipinski definition) is 0. The number of thiophene rings is 2. The minimum absolute atomic E-state index is 0.0452. The van der Waals surface area contributed by atoms with Crippen LogP contribution < -0.4 is 9.80 Å². The van der Waals surface area contributed by atoms with Crippen LogP contribution in [0.3, 0.4) is 0 Å².